The van der Waals surface area contributed by atoms with E-state index in [9.17, 15) is 17.6 Å². The van der Waals surface area contributed by atoms with Crippen molar-refractivity contribution < 1.29 is 17.6 Å². The Balaban J connectivity index is 2.44. The summed E-state index contributed by atoms with van der Waals surface area (Å²) in [5, 5.41) is 5.03. The van der Waals surface area contributed by atoms with Gasteiger partial charge >= 0.3 is 0 Å². The van der Waals surface area contributed by atoms with Crippen LogP contribution in [0.15, 0.2) is 21.5 Å². The van der Waals surface area contributed by atoms with Crippen LogP contribution in [0.1, 0.15) is 23.2 Å². The Hall–Kier alpha value is -1.03. The Labute approximate surface area is 130 Å². The fraction of sp³-hybridized carbons (Fsp3) is 0.417. The number of rotatable bonds is 2. The number of carbonyl (C=O) groups excluding carboxylic acids is 1. The molecule has 0 saturated carbocycles. The average molecular weight is 380 g/mol. The van der Waals surface area contributed by atoms with Gasteiger partial charge in [-0.25, -0.2) is 17.9 Å². The standard InChI is InChI=1S/C12H15BrFN3O3S/c13-11-9(4-7(14)5-10(11)21(16,19)20)12(18)17-3-1-2-8(15)6-17/h4-5,8H,1-3,6,15H2,(H2,16,19,20)/t8-/m0/s1. The van der Waals surface area contributed by atoms with Crippen LogP contribution in [0.4, 0.5) is 4.39 Å². The van der Waals surface area contributed by atoms with E-state index in [0.717, 1.165) is 25.0 Å². The van der Waals surface area contributed by atoms with E-state index in [-0.39, 0.29) is 16.1 Å². The lowest BCUT2D eigenvalue weighted by atomic mass is 10.1. The van der Waals surface area contributed by atoms with E-state index in [4.69, 9.17) is 10.9 Å². The molecule has 1 saturated heterocycles. The first-order valence-electron chi connectivity index (χ1n) is 6.27. The van der Waals surface area contributed by atoms with Gasteiger partial charge in [0.25, 0.3) is 5.91 Å². The Morgan fingerprint density at radius 1 is 1.43 bits per heavy atom. The summed E-state index contributed by atoms with van der Waals surface area (Å²) in [6.07, 6.45) is 1.57. The number of hydrogen-bond donors (Lipinski definition) is 2. The number of carbonyl (C=O) groups is 1. The van der Waals surface area contributed by atoms with Crippen molar-refractivity contribution in [3.8, 4) is 0 Å². The molecule has 9 heteroatoms. The third-order valence-electron chi connectivity index (χ3n) is 3.29. The van der Waals surface area contributed by atoms with Gasteiger partial charge in [0.15, 0.2) is 0 Å². The fourth-order valence-electron chi connectivity index (χ4n) is 2.29. The van der Waals surface area contributed by atoms with Crippen LogP contribution in [0, 0.1) is 5.82 Å². The van der Waals surface area contributed by atoms with Crippen molar-refractivity contribution in [3.63, 3.8) is 0 Å². The van der Waals surface area contributed by atoms with Gasteiger partial charge in [-0.2, -0.15) is 0 Å². The first-order chi connectivity index (χ1) is 9.70. The third kappa shape index (κ3) is 3.60. The Kier molecular flexibility index (Phi) is 4.66. The van der Waals surface area contributed by atoms with Gasteiger partial charge in [0.2, 0.25) is 10.0 Å². The van der Waals surface area contributed by atoms with Crippen molar-refractivity contribution in [1.82, 2.24) is 4.90 Å². The maximum Gasteiger partial charge on any atom is 0.255 e. The lowest BCUT2D eigenvalue weighted by molar-refractivity contribution is 0.0707. The van der Waals surface area contributed by atoms with Gasteiger partial charge in [-0.3, -0.25) is 4.79 Å². The van der Waals surface area contributed by atoms with Crippen LogP contribution in [-0.4, -0.2) is 38.4 Å². The maximum absolute atomic E-state index is 13.6. The molecule has 0 radical (unpaired) electrons. The SMILES string of the molecule is N[C@H]1CCCN(C(=O)c2cc(F)cc(S(N)(=O)=O)c2Br)C1. The zero-order valence-electron chi connectivity index (χ0n) is 11.1. The van der Waals surface area contributed by atoms with Crippen LogP contribution in [0.5, 0.6) is 0 Å². The highest BCUT2D eigenvalue weighted by molar-refractivity contribution is 9.10. The molecule has 1 aromatic rings. The maximum atomic E-state index is 13.6. The zero-order chi connectivity index (χ0) is 15.8. The molecule has 0 aromatic heterocycles. The minimum atomic E-state index is -4.14. The van der Waals surface area contributed by atoms with E-state index >= 15 is 0 Å². The molecule has 1 atom stereocenters. The summed E-state index contributed by atoms with van der Waals surface area (Å²) in [4.78, 5) is 13.5. The lowest BCUT2D eigenvalue weighted by Crippen LogP contribution is -2.45. The molecule has 1 aromatic carbocycles. The van der Waals surface area contributed by atoms with Gasteiger partial charge in [0.1, 0.15) is 5.82 Å². The fourth-order valence-corrected chi connectivity index (χ4v) is 4.00. The molecular formula is C12H15BrFN3O3S. The van der Waals surface area contributed by atoms with Gasteiger partial charge in [0, 0.05) is 19.1 Å². The van der Waals surface area contributed by atoms with E-state index in [1.54, 1.807) is 0 Å². The Morgan fingerprint density at radius 2 is 2.10 bits per heavy atom. The van der Waals surface area contributed by atoms with Crippen LogP contribution in [-0.2, 0) is 10.0 Å². The van der Waals surface area contributed by atoms with Crippen molar-refractivity contribution >= 4 is 31.9 Å². The molecule has 0 spiro atoms. The monoisotopic (exact) mass is 379 g/mol. The third-order valence-corrected chi connectivity index (χ3v) is 5.34. The number of sulfonamides is 1. The first-order valence-corrected chi connectivity index (χ1v) is 8.61. The molecule has 6 nitrogen and oxygen atoms in total. The molecule has 0 aliphatic carbocycles. The molecule has 21 heavy (non-hydrogen) atoms. The number of nitrogens with two attached hydrogens (primary N) is 2. The number of piperidine rings is 1. The second-order valence-electron chi connectivity index (χ2n) is 4.96. The van der Waals surface area contributed by atoms with Crippen LogP contribution < -0.4 is 10.9 Å². The minimum Gasteiger partial charge on any atom is -0.337 e. The van der Waals surface area contributed by atoms with E-state index in [1.807, 2.05) is 0 Å². The highest BCUT2D eigenvalue weighted by atomic mass is 79.9. The average Bonchev–Trinajstić information content (AvgIpc) is 2.39. The summed E-state index contributed by atoms with van der Waals surface area (Å²) in [5.74, 6) is -1.31. The minimum absolute atomic E-state index is 0.0319. The summed E-state index contributed by atoms with van der Waals surface area (Å²) >= 11 is 3.03. The molecule has 0 bridgehead atoms. The van der Waals surface area contributed by atoms with E-state index in [0.29, 0.717) is 13.1 Å². The van der Waals surface area contributed by atoms with Gasteiger partial charge in [-0.1, -0.05) is 0 Å². The highest BCUT2D eigenvalue weighted by Gasteiger charge is 2.27. The topological polar surface area (TPSA) is 106 Å². The second kappa shape index (κ2) is 5.99. The summed E-state index contributed by atoms with van der Waals surface area (Å²) in [5.41, 5.74) is 5.74. The van der Waals surface area contributed by atoms with Crippen LogP contribution in [0.25, 0.3) is 0 Å². The molecule has 116 valence electrons. The number of primary sulfonamides is 1. The predicted molar refractivity (Wildman–Crippen MR) is 78.6 cm³/mol. The largest absolute Gasteiger partial charge is 0.337 e. The van der Waals surface area contributed by atoms with E-state index in [2.05, 4.69) is 15.9 Å². The van der Waals surface area contributed by atoms with Gasteiger partial charge < -0.3 is 10.6 Å². The number of likely N-dealkylation sites (tertiary alicyclic amines) is 1. The summed E-state index contributed by atoms with van der Waals surface area (Å²) in [6, 6.07) is 1.63. The molecule has 1 amide bonds. The molecule has 2 rings (SSSR count). The molecule has 1 heterocycles. The quantitative estimate of drug-likeness (QED) is 0.792. The normalized spacial score (nSPS) is 19.6. The lowest BCUT2D eigenvalue weighted by Gasteiger charge is -2.31. The summed E-state index contributed by atoms with van der Waals surface area (Å²) in [7, 11) is -4.14. The van der Waals surface area contributed by atoms with E-state index < -0.39 is 26.6 Å². The Bertz CT molecular complexity index is 681. The predicted octanol–water partition coefficient (Wildman–Crippen LogP) is 0.799. The summed E-state index contributed by atoms with van der Waals surface area (Å²) in [6.45, 7) is 0.854. The molecule has 1 aliphatic rings. The number of halogens is 2. The summed E-state index contributed by atoms with van der Waals surface area (Å²) < 4.78 is 36.5. The second-order valence-corrected chi connectivity index (χ2v) is 7.29. The van der Waals surface area contributed by atoms with Gasteiger partial charge in [-0.15, -0.1) is 0 Å². The molecular weight excluding hydrogens is 365 g/mol. The molecule has 0 unspecified atom stereocenters. The number of hydrogen-bond acceptors (Lipinski definition) is 4. The smallest absolute Gasteiger partial charge is 0.255 e. The Morgan fingerprint density at radius 3 is 2.67 bits per heavy atom. The number of amides is 1. The van der Waals surface area contributed by atoms with Crippen LogP contribution >= 0.6 is 15.9 Å². The zero-order valence-corrected chi connectivity index (χ0v) is 13.5. The van der Waals surface area contributed by atoms with Crippen molar-refractivity contribution in [1.29, 1.82) is 0 Å². The van der Waals surface area contributed by atoms with Crippen molar-refractivity contribution in [2.45, 2.75) is 23.8 Å². The van der Waals surface area contributed by atoms with Gasteiger partial charge in [0.05, 0.1) is 14.9 Å². The molecule has 4 N–H and O–H groups in total. The number of benzene rings is 1. The number of nitrogens with zero attached hydrogens (tertiary/aromatic N) is 1. The van der Waals surface area contributed by atoms with Crippen molar-refractivity contribution in [2.75, 3.05) is 13.1 Å². The molecule has 1 aliphatic heterocycles. The first kappa shape index (κ1) is 16.3. The van der Waals surface area contributed by atoms with Gasteiger partial charge in [-0.05, 0) is 40.9 Å². The molecule has 1 fully saturated rings. The highest BCUT2D eigenvalue weighted by Crippen LogP contribution is 2.28. The van der Waals surface area contributed by atoms with Crippen LogP contribution in [0.2, 0.25) is 0 Å². The van der Waals surface area contributed by atoms with Crippen molar-refractivity contribution in [3.05, 3.63) is 28.0 Å². The van der Waals surface area contributed by atoms with Crippen molar-refractivity contribution in [2.24, 2.45) is 10.9 Å². The van der Waals surface area contributed by atoms with E-state index in [1.165, 1.54) is 4.90 Å². The van der Waals surface area contributed by atoms with Crippen LogP contribution in [0.3, 0.4) is 0 Å².